The molecule has 0 unspecified atom stereocenters. The van der Waals surface area contributed by atoms with Gasteiger partial charge in [0.05, 0.1) is 37.9 Å². The summed E-state index contributed by atoms with van der Waals surface area (Å²) in [5.74, 6) is 0.275. The van der Waals surface area contributed by atoms with Crippen molar-refractivity contribution in [1.29, 1.82) is 5.41 Å². The molecule has 2 aliphatic rings. The molecule has 0 radical (unpaired) electrons. The number of nitrogens with one attached hydrogen (secondary N) is 3. The van der Waals surface area contributed by atoms with Gasteiger partial charge in [-0.2, -0.15) is 4.99 Å². The van der Waals surface area contributed by atoms with Crippen LogP contribution in [0.3, 0.4) is 0 Å². The maximum atomic E-state index is 13.1. The summed E-state index contributed by atoms with van der Waals surface area (Å²) in [7, 11) is 6.31. The normalized spacial score (nSPS) is 16.2. The van der Waals surface area contributed by atoms with E-state index in [2.05, 4.69) is 20.6 Å². The molecule has 1 aromatic rings. The molecule has 1 saturated carbocycles. The van der Waals surface area contributed by atoms with E-state index in [9.17, 15) is 9.59 Å². The van der Waals surface area contributed by atoms with Gasteiger partial charge in [-0.3, -0.25) is 14.6 Å². The summed E-state index contributed by atoms with van der Waals surface area (Å²) in [4.78, 5) is 34.5. The van der Waals surface area contributed by atoms with Gasteiger partial charge in [0.1, 0.15) is 17.3 Å². The molecular formula is C29H38N8O4. The van der Waals surface area contributed by atoms with Gasteiger partial charge in [-0.05, 0) is 37.5 Å². The second-order valence-electron chi connectivity index (χ2n) is 9.61. The molecule has 3 rings (SSSR count). The fourth-order valence-electron chi connectivity index (χ4n) is 4.05. The molecule has 1 aromatic carbocycles. The van der Waals surface area contributed by atoms with Crippen molar-refractivity contribution in [3.05, 3.63) is 64.8 Å². The number of rotatable bonds is 12. The van der Waals surface area contributed by atoms with Crippen LogP contribution in [0.4, 0.5) is 5.69 Å². The fraction of sp³-hybridized carbons (Fsp3) is 0.345. The van der Waals surface area contributed by atoms with E-state index >= 15 is 0 Å². The number of carbonyl (C=O) groups excluding carboxylic acids is 2. The summed E-state index contributed by atoms with van der Waals surface area (Å²) in [6, 6.07) is 5.58. The monoisotopic (exact) mass is 562 g/mol. The summed E-state index contributed by atoms with van der Waals surface area (Å²) >= 11 is 0. The minimum absolute atomic E-state index is 0.0344. The van der Waals surface area contributed by atoms with E-state index in [-0.39, 0.29) is 41.7 Å². The lowest BCUT2D eigenvalue weighted by molar-refractivity contribution is -0.125. The van der Waals surface area contributed by atoms with Gasteiger partial charge < -0.3 is 41.9 Å². The molecule has 0 bridgehead atoms. The molecule has 41 heavy (non-hydrogen) atoms. The molecule has 1 aliphatic carbocycles. The average molecular weight is 563 g/mol. The summed E-state index contributed by atoms with van der Waals surface area (Å²) in [6.07, 6.45) is 8.28. The molecule has 1 fully saturated rings. The van der Waals surface area contributed by atoms with Crippen molar-refractivity contribution in [2.45, 2.75) is 19.8 Å². The second kappa shape index (κ2) is 14.0. The standard InChI is InChI=1S/C29H38N8O4/c1-17(30)24(13-25(31)36-28(38)18-9-10-18)35-22-8-6-7-21(26(22)40-4)19-11-12-23(34-15-19)29(39)37(3)16-20(14-33-2)27(32)41-5/h6-8,11-14,18,30,34-35H,9-10,15-16,32H2,1-5H3,(H2,31,36,38)/b24-13+,27-20-,30-17?,33-14?. The maximum Gasteiger partial charge on any atom is 0.269 e. The summed E-state index contributed by atoms with van der Waals surface area (Å²) in [5, 5.41) is 14.6. The highest BCUT2D eigenvalue weighted by atomic mass is 16.5. The molecule has 1 heterocycles. The number of anilines is 1. The van der Waals surface area contributed by atoms with Crippen LogP contribution in [-0.4, -0.2) is 75.9 Å². The van der Waals surface area contributed by atoms with E-state index in [1.807, 2.05) is 24.3 Å². The van der Waals surface area contributed by atoms with Gasteiger partial charge in [0.15, 0.2) is 5.88 Å². The summed E-state index contributed by atoms with van der Waals surface area (Å²) < 4.78 is 10.8. The van der Waals surface area contributed by atoms with Crippen LogP contribution in [0.5, 0.6) is 5.75 Å². The predicted molar refractivity (Wildman–Crippen MR) is 162 cm³/mol. The van der Waals surface area contributed by atoms with Crippen molar-refractivity contribution in [3.63, 3.8) is 0 Å². The molecule has 218 valence electrons. The Kier molecular flexibility index (Phi) is 10.4. The SMILES string of the molecule is CN=C/C(CN(C)C(=O)C1=CC=C(c2cccc(N/C(=C/C(N)=NC(=O)C3CC3)C(C)=N)c2OC)CN1)=C(\N)OC. The van der Waals surface area contributed by atoms with Crippen molar-refractivity contribution >= 4 is 40.8 Å². The Balaban J connectivity index is 1.83. The predicted octanol–water partition coefficient (Wildman–Crippen LogP) is 2.17. The van der Waals surface area contributed by atoms with E-state index in [1.165, 1.54) is 18.1 Å². The number of dihydropyridines is 1. The van der Waals surface area contributed by atoms with E-state index in [4.69, 9.17) is 26.4 Å². The quantitative estimate of drug-likeness (QED) is 0.146. The van der Waals surface area contributed by atoms with Crippen LogP contribution in [0.15, 0.2) is 69.3 Å². The van der Waals surface area contributed by atoms with Crippen LogP contribution in [0.2, 0.25) is 0 Å². The molecule has 7 N–H and O–H groups in total. The minimum atomic E-state index is -0.236. The number of benzene rings is 1. The molecule has 12 nitrogen and oxygen atoms in total. The van der Waals surface area contributed by atoms with Gasteiger partial charge >= 0.3 is 0 Å². The van der Waals surface area contributed by atoms with Crippen LogP contribution in [-0.2, 0) is 14.3 Å². The van der Waals surface area contributed by atoms with Gasteiger partial charge in [0.2, 0.25) is 0 Å². The van der Waals surface area contributed by atoms with Crippen LogP contribution in [0.25, 0.3) is 5.57 Å². The van der Waals surface area contributed by atoms with Crippen molar-refractivity contribution in [3.8, 4) is 5.75 Å². The van der Waals surface area contributed by atoms with Crippen molar-refractivity contribution in [1.82, 2.24) is 10.2 Å². The lowest BCUT2D eigenvalue weighted by Crippen LogP contribution is -2.37. The molecular weight excluding hydrogens is 524 g/mol. The van der Waals surface area contributed by atoms with Gasteiger partial charge in [-0.25, -0.2) is 0 Å². The number of ether oxygens (including phenoxy) is 2. The molecule has 0 spiro atoms. The minimum Gasteiger partial charge on any atom is -0.494 e. The number of nitrogens with zero attached hydrogens (tertiary/aromatic N) is 3. The number of aliphatic imine (C=N–C) groups is 2. The third-order valence-corrected chi connectivity index (χ3v) is 6.42. The molecule has 0 saturated heterocycles. The topological polar surface area (TPSA) is 181 Å². The van der Waals surface area contributed by atoms with Crippen molar-refractivity contribution in [2.24, 2.45) is 27.4 Å². The highest BCUT2D eigenvalue weighted by Gasteiger charge is 2.29. The first kappa shape index (κ1) is 30.7. The Hall–Kier alpha value is -4.87. The highest BCUT2D eigenvalue weighted by molar-refractivity contribution is 6.08. The van der Waals surface area contributed by atoms with E-state index in [0.717, 1.165) is 24.0 Å². The summed E-state index contributed by atoms with van der Waals surface area (Å²) in [5.41, 5.74) is 15.8. The highest BCUT2D eigenvalue weighted by Crippen LogP contribution is 2.35. The first-order valence-electron chi connectivity index (χ1n) is 13.0. The zero-order valence-electron chi connectivity index (χ0n) is 24.1. The van der Waals surface area contributed by atoms with Gasteiger partial charge in [0, 0.05) is 50.0 Å². The van der Waals surface area contributed by atoms with Crippen molar-refractivity contribution < 1.29 is 19.1 Å². The number of amides is 2. The average Bonchev–Trinajstić information content (AvgIpc) is 3.81. The van der Waals surface area contributed by atoms with Crippen LogP contribution < -0.4 is 26.8 Å². The van der Waals surface area contributed by atoms with Crippen LogP contribution >= 0.6 is 0 Å². The number of amidine groups is 1. The lowest BCUT2D eigenvalue weighted by Gasteiger charge is -2.24. The molecule has 0 aromatic heterocycles. The Labute approximate surface area is 240 Å². The largest absolute Gasteiger partial charge is 0.494 e. The first-order valence-corrected chi connectivity index (χ1v) is 13.0. The first-order chi connectivity index (χ1) is 19.6. The molecule has 2 amide bonds. The molecule has 12 heteroatoms. The third kappa shape index (κ3) is 8.07. The van der Waals surface area contributed by atoms with Gasteiger partial charge in [-0.1, -0.05) is 18.2 Å². The molecule has 1 aliphatic heterocycles. The zero-order chi connectivity index (χ0) is 30.1. The van der Waals surface area contributed by atoms with E-state index in [1.54, 1.807) is 40.4 Å². The lowest BCUT2D eigenvalue weighted by atomic mass is 10.0. The number of hydrogen-bond acceptors (Lipinski definition) is 9. The second-order valence-corrected chi connectivity index (χ2v) is 9.61. The summed E-state index contributed by atoms with van der Waals surface area (Å²) in [6.45, 7) is 2.20. The Morgan fingerprint density at radius 3 is 2.54 bits per heavy atom. The third-order valence-electron chi connectivity index (χ3n) is 6.42. The van der Waals surface area contributed by atoms with E-state index in [0.29, 0.717) is 34.9 Å². The number of para-hydroxylation sites is 1. The molecule has 0 atom stereocenters. The smallest absolute Gasteiger partial charge is 0.269 e. The van der Waals surface area contributed by atoms with Crippen molar-refractivity contribution in [2.75, 3.05) is 46.7 Å². The number of carbonyl (C=O) groups is 2. The maximum absolute atomic E-state index is 13.1. The number of hydrogen-bond donors (Lipinski definition) is 5. The van der Waals surface area contributed by atoms with Gasteiger partial charge in [0.25, 0.3) is 11.8 Å². The van der Waals surface area contributed by atoms with Crippen LogP contribution in [0, 0.1) is 11.3 Å². The Morgan fingerprint density at radius 1 is 1.24 bits per heavy atom. The number of nitrogens with two attached hydrogens (primary N) is 2. The fourth-order valence-corrected chi connectivity index (χ4v) is 4.05. The Bertz CT molecular complexity index is 1380. The Morgan fingerprint density at radius 2 is 1.98 bits per heavy atom. The number of likely N-dealkylation sites (N-methyl/N-ethyl adjacent to an activating group) is 1. The van der Waals surface area contributed by atoms with E-state index < -0.39 is 0 Å². The number of methoxy groups -OCH3 is 2. The van der Waals surface area contributed by atoms with Gasteiger partial charge in [-0.15, -0.1) is 0 Å². The number of allylic oxidation sites excluding steroid dienone is 3. The van der Waals surface area contributed by atoms with Crippen LogP contribution in [0.1, 0.15) is 25.3 Å². The zero-order valence-corrected chi connectivity index (χ0v) is 24.1.